The molecular formula is C18H14F2N2O6. The Balaban J connectivity index is 2.05. The van der Waals surface area contributed by atoms with Crippen molar-refractivity contribution in [1.29, 1.82) is 0 Å². The molecule has 1 saturated heterocycles. The van der Waals surface area contributed by atoms with Gasteiger partial charge in [0, 0.05) is 12.3 Å². The smallest absolute Gasteiger partial charge is 0.338 e. The molecule has 1 aliphatic heterocycles. The molecule has 1 aliphatic rings. The molecule has 10 heteroatoms. The van der Waals surface area contributed by atoms with E-state index in [-0.39, 0.29) is 5.56 Å². The third-order valence-corrected chi connectivity index (χ3v) is 4.22. The number of ether oxygens (including phenoxy) is 2. The van der Waals surface area contributed by atoms with E-state index in [9.17, 15) is 19.5 Å². The number of benzene rings is 1. The average Bonchev–Trinajstić information content (AvgIpc) is 2.91. The fourth-order valence-corrected chi connectivity index (χ4v) is 2.84. The Labute approximate surface area is 156 Å². The minimum Gasteiger partial charge on any atom is -0.448 e. The number of terminal acetylenes is 1. The van der Waals surface area contributed by atoms with Crippen molar-refractivity contribution in [3.05, 3.63) is 69.0 Å². The maximum Gasteiger partial charge on any atom is 0.338 e. The summed E-state index contributed by atoms with van der Waals surface area (Å²) in [6, 6.07) is 8.17. The summed E-state index contributed by atoms with van der Waals surface area (Å²) in [5, 5.41) is 9.41. The van der Waals surface area contributed by atoms with Gasteiger partial charge in [-0.15, -0.1) is 6.42 Å². The van der Waals surface area contributed by atoms with Gasteiger partial charge in [0.05, 0.1) is 5.56 Å². The van der Waals surface area contributed by atoms with Gasteiger partial charge >= 0.3 is 11.7 Å². The second-order valence-corrected chi connectivity index (χ2v) is 6.00. The molecule has 4 atom stereocenters. The molecular weight excluding hydrogens is 378 g/mol. The highest BCUT2D eigenvalue weighted by atomic mass is 19.2. The fraction of sp³-hybridized carbons (Fsp3) is 0.278. The van der Waals surface area contributed by atoms with Crippen LogP contribution in [0.3, 0.4) is 0 Å². The number of aromatic nitrogens is 2. The number of rotatable bonds is 4. The van der Waals surface area contributed by atoms with Crippen LogP contribution in [0.2, 0.25) is 0 Å². The van der Waals surface area contributed by atoms with E-state index in [1.54, 1.807) is 12.0 Å². The number of H-pyrrole nitrogens is 1. The van der Waals surface area contributed by atoms with Gasteiger partial charge in [-0.1, -0.05) is 24.1 Å². The van der Waals surface area contributed by atoms with Gasteiger partial charge in [0.1, 0.15) is 6.61 Å². The molecule has 0 bridgehead atoms. The first-order valence-corrected chi connectivity index (χ1v) is 7.97. The minimum atomic E-state index is -3.24. The van der Waals surface area contributed by atoms with Crippen LogP contribution in [0.5, 0.6) is 0 Å². The van der Waals surface area contributed by atoms with Gasteiger partial charge in [0.25, 0.3) is 17.1 Å². The molecule has 28 heavy (non-hydrogen) atoms. The van der Waals surface area contributed by atoms with Crippen molar-refractivity contribution in [2.24, 2.45) is 0 Å². The molecule has 0 saturated carbocycles. The standard InChI is InChI=1S/C18H14F2N2O6/c1-2-17(19)14(27-13(25)11-6-4-3-5-7-11)18(20,10-23)28-15(17)22-9-8-12(24)21-16(22)26/h1,3-9,14-15,23H,10H2,(H,21,24,26)/t14-,15+,17+,18+/m0/s1. The monoisotopic (exact) mass is 392 g/mol. The number of nitrogens with zero attached hydrogens (tertiary/aromatic N) is 1. The second kappa shape index (κ2) is 7.03. The normalized spacial score (nSPS) is 29.2. The molecule has 0 radical (unpaired) electrons. The lowest BCUT2D eigenvalue weighted by molar-refractivity contribution is -0.207. The first-order chi connectivity index (χ1) is 13.2. The molecule has 146 valence electrons. The predicted molar refractivity (Wildman–Crippen MR) is 90.7 cm³/mol. The van der Waals surface area contributed by atoms with Crippen LogP contribution in [-0.2, 0) is 9.47 Å². The van der Waals surface area contributed by atoms with E-state index in [4.69, 9.17) is 15.9 Å². The Morgan fingerprint density at radius 2 is 2.00 bits per heavy atom. The number of carbonyl (C=O) groups is 1. The molecule has 0 spiro atoms. The zero-order valence-electron chi connectivity index (χ0n) is 14.2. The van der Waals surface area contributed by atoms with Gasteiger partial charge in [0.2, 0.25) is 6.10 Å². The highest BCUT2D eigenvalue weighted by Crippen LogP contribution is 2.48. The Bertz CT molecular complexity index is 1050. The third-order valence-electron chi connectivity index (χ3n) is 4.22. The van der Waals surface area contributed by atoms with Gasteiger partial charge in [-0.3, -0.25) is 14.3 Å². The Kier molecular flexibility index (Phi) is 4.89. The molecule has 0 unspecified atom stereocenters. The van der Waals surface area contributed by atoms with Gasteiger partial charge in [0.15, 0.2) is 6.23 Å². The molecule has 2 N–H and O–H groups in total. The fourth-order valence-electron chi connectivity index (χ4n) is 2.84. The SMILES string of the molecule is C#C[C@]1(F)[C@H](n2ccc(=O)[nH]c2=O)O[C@](F)(CO)[C@H]1OC(=O)c1ccccc1. The Morgan fingerprint density at radius 1 is 1.32 bits per heavy atom. The highest BCUT2D eigenvalue weighted by molar-refractivity contribution is 5.89. The topological polar surface area (TPSA) is 111 Å². The molecule has 2 heterocycles. The lowest BCUT2D eigenvalue weighted by Gasteiger charge is -2.27. The van der Waals surface area contributed by atoms with Crippen LogP contribution in [0.25, 0.3) is 0 Å². The molecule has 0 amide bonds. The summed E-state index contributed by atoms with van der Waals surface area (Å²) in [5.74, 6) is -2.70. The molecule has 0 aliphatic carbocycles. The summed E-state index contributed by atoms with van der Waals surface area (Å²) >= 11 is 0. The first-order valence-electron chi connectivity index (χ1n) is 7.97. The van der Waals surface area contributed by atoms with Crippen LogP contribution in [0, 0.1) is 12.3 Å². The van der Waals surface area contributed by atoms with Crippen LogP contribution in [0.15, 0.2) is 52.2 Å². The van der Waals surface area contributed by atoms with Crippen LogP contribution < -0.4 is 11.2 Å². The van der Waals surface area contributed by atoms with Crippen molar-refractivity contribution in [3.8, 4) is 12.3 Å². The van der Waals surface area contributed by atoms with E-state index in [1.807, 2.05) is 4.98 Å². The number of carbonyl (C=O) groups excluding carboxylic acids is 1. The van der Waals surface area contributed by atoms with Crippen LogP contribution in [0.1, 0.15) is 16.6 Å². The number of alkyl halides is 2. The largest absolute Gasteiger partial charge is 0.448 e. The van der Waals surface area contributed by atoms with Gasteiger partial charge < -0.3 is 14.6 Å². The van der Waals surface area contributed by atoms with Crippen molar-refractivity contribution in [3.63, 3.8) is 0 Å². The summed E-state index contributed by atoms with van der Waals surface area (Å²) in [5.41, 5.74) is -5.12. The van der Waals surface area contributed by atoms with E-state index < -0.39 is 47.7 Å². The summed E-state index contributed by atoms with van der Waals surface area (Å²) < 4.78 is 41.1. The van der Waals surface area contributed by atoms with Crippen molar-refractivity contribution in [2.75, 3.05) is 6.61 Å². The number of esters is 1. The number of aliphatic hydroxyl groups is 1. The van der Waals surface area contributed by atoms with Crippen LogP contribution in [0.4, 0.5) is 8.78 Å². The number of aliphatic hydroxyl groups excluding tert-OH is 1. The van der Waals surface area contributed by atoms with Crippen molar-refractivity contribution >= 4 is 5.97 Å². The lowest BCUT2D eigenvalue weighted by Crippen LogP contribution is -2.50. The van der Waals surface area contributed by atoms with E-state index in [0.717, 1.165) is 12.3 Å². The summed E-state index contributed by atoms with van der Waals surface area (Å²) in [6.45, 7) is -1.41. The molecule has 1 aromatic carbocycles. The Morgan fingerprint density at radius 3 is 2.57 bits per heavy atom. The van der Waals surface area contributed by atoms with Crippen molar-refractivity contribution in [2.45, 2.75) is 23.9 Å². The highest BCUT2D eigenvalue weighted by Gasteiger charge is 2.69. The van der Waals surface area contributed by atoms with E-state index in [1.165, 1.54) is 24.3 Å². The molecule has 2 aromatic rings. The first kappa shape index (κ1) is 19.5. The minimum absolute atomic E-state index is 0.0215. The van der Waals surface area contributed by atoms with Gasteiger partial charge in [-0.2, -0.15) is 0 Å². The quantitative estimate of drug-likeness (QED) is 0.572. The molecule has 3 rings (SSSR count). The van der Waals surface area contributed by atoms with E-state index in [2.05, 4.69) is 0 Å². The third kappa shape index (κ3) is 3.11. The number of hydrogen-bond acceptors (Lipinski definition) is 6. The average molecular weight is 392 g/mol. The lowest BCUT2D eigenvalue weighted by atomic mass is 9.95. The summed E-state index contributed by atoms with van der Waals surface area (Å²) in [7, 11) is 0. The van der Waals surface area contributed by atoms with Crippen molar-refractivity contribution in [1.82, 2.24) is 9.55 Å². The summed E-state index contributed by atoms with van der Waals surface area (Å²) in [4.78, 5) is 37.3. The van der Waals surface area contributed by atoms with Gasteiger partial charge in [-0.25, -0.2) is 18.4 Å². The number of halogens is 2. The zero-order chi connectivity index (χ0) is 20.5. The number of aromatic amines is 1. The number of nitrogens with one attached hydrogen (secondary N) is 1. The molecule has 8 nitrogen and oxygen atoms in total. The zero-order valence-corrected chi connectivity index (χ0v) is 14.2. The maximum absolute atomic E-state index is 15.7. The summed E-state index contributed by atoms with van der Waals surface area (Å²) in [6.07, 6.45) is 1.55. The van der Waals surface area contributed by atoms with Crippen LogP contribution >= 0.6 is 0 Å². The molecule has 1 aromatic heterocycles. The van der Waals surface area contributed by atoms with E-state index in [0.29, 0.717) is 4.57 Å². The van der Waals surface area contributed by atoms with Gasteiger partial charge in [-0.05, 0) is 12.1 Å². The molecule has 1 fully saturated rings. The van der Waals surface area contributed by atoms with E-state index >= 15 is 8.78 Å². The predicted octanol–water partition coefficient (Wildman–Crippen LogP) is 0.291. The Hall–Kier alpha value is -3.29. The second-order valence-electron chi connectivity index (χ2n) is 6.00. The van der Waals surface area contributed by atoms with Crippen LogP contribution in [-0.4, -0.2) is 44.9 Å². The van der Waals surface area contributed by atoms with Crippen molar-refractivity contribution < 1.29 is 28.2 Å². The number of hydrogen-bond donors (Lipinski definition) is 2. The maximum atomic E-state index is 15.7.